The van der Waals surface area contributed by atoms with Crippen LogP contribution in [0.1, 0.15) is 76.6 Å². The summed E-state index contributed by atoms with van der Waals surface area (Å²) in [4.78, 5) is 18.7. The molecule has 0 radical (unpaired) electrons. The fourth-order valence-electron chi connectivity index (χ4n) is 12.5. The highest BCUT2D eigenvalue weighted by molar-refractivity contribution is 5.74. The van der Waals surface area contributed by atoms with Crippen LogP contribution in [0, 0.1) is 41.4 Å². The van der Waals surface area contributed by atoms with Crippen molar-refractivity contribution >= 4 is 5.57 Å². The summed E-state index contributed by atoms with van der Waals surface area (Å²) >= 11 is 0. The molecule has 0 spiro atoms. The summed E-state index contributed by atoms with van der Waals surface area (Å²) in [5.74, 6) is 8.74. The zero-order valence-corrected chi connectivity index (χ0v) is 37.1. The Balaban J connectivity index is 1.01. The van der Waals surface area contributed by atoms with E-state index in [0.29, 0.717) is 41.2 Å². The van der Waals surface area contributed by atoms with Crippen LogP contribution in [-0.2, 0) is 0 Å². The Morgan fingerprint density at radius 2 is 1.45 bits per heavy atom. The Bertz CT molecular complexity index is 2730. The number of ether oxygens (including phenoxy) is 1. The standard InChI is InChI=1S/C58H57N5O/c1-35-16-14-22-40(30-35)43-29-28-42(32-46(43)41-23-15-17-36(2)31-41)54-37(3)53(57-61-55(38-18-6-4-7-19-38)60-56(62-57)39-20-8-5-9-21-39)58(59-54)63-49-26-12-10-24-44(49)47-33-48-45-25-11-13-27-51(45)64-52(48)34-50(47)63/h4-15,17-22,24-28,30,34-37,41,43-44,46,48-49,54,59H,16,23,29,31-33H2,1-3H3. The molecule has 3 aromatic carbocycles. The summed E-state index contributed by atoms with van der Waals surface area (Å²) in [5.41, 5.74) is 10.2. The second kappa shape index (κ2) is 16.1. The lowest BCUT2D eigenvalue weighted by atomic mass is 9.64. The minimum atomic E-state index is 0.0780. The number of nitrogens with zero attached hydrogens (tertiary/aromatic N) is 4. The molecule has 0 amide bonds. The third kappa shape index (κ3) is 6.80. The van der Waals surface area contributed by atoms with E-state index in [1.807, 2.05) is 0 Å². The predicted octanol–water partition coefficient (Wildman–Crippen LogP) is 12.7. The monoisotopic (exact) mass is 839 g/mol. The number of aromatic nitrogens is 3. The van der Waals surface area contributed by atoms with Crippen LogP contribution >= 0.6 is 0 Å². The van der Waals surface area contributed by atoms with E-state index >= 15 is 0 Å². The summed E-state index contributed by atoms with van der Waals surface area (Å²) < 4.78 is 6.68. The molecule has 1 aromatic heterocycles. The van der Waals surface area contributed by atoms with E-state index in [2.05, 4.69) is 183 Å². The van der Waals surface area contributed by atoms with E-state index in [9.17, 15) is 0 Å². The van der Waals surface area contributed by atoms with Crippen LogP contribution in [0.15, 0.2) is 186 Å². The quantitative estimate of drug-likeness (QED) is 0.187. The molecular weight excluding hydrogens is 783 g/mol. The van der Waals surface area contributed by atoms with Crippen LogP contribution in [0.2, 0.25) is 0 Å². The summed E-state index contributed by atoms with van der Waals surface area (Å²) in [7, 11) is 0. The normalized spacial score (nSPS) is 31.1. The first kappa shape index (κ1) is 39.3. The number of rotatable bonds is 7. The van der Waals surface area contributed by atoms with Crippen molar-refractivity contribution in [3.05, 3.63) is 197 Å². The number of nitrogens with one attached hydrogen (secondary N) is 1. The molecule has 6 nitrogen and oxygen atoms in total. The van der Waals surface area contributed by atoms with Crippen molar-refractivity contribution < 1.29 is 4.74 Å². The van der Waals surface area contributed by atoms with Gasteiger partial charge in [0.2, 0.25) is 0 Å². The van der Waals surface area contributed by atoms with Gasteiger partial charge in [0.25, 0.3) is 0 Å². The van der Waals surface area contributed by atoms with Crippen LogP contribution in [0.3, 0.4) is 0 Å². The molecule has 8 aliphatic rings. The van der Waals surface area contributed by atoms with Crippen LogP contribution in [0.5, 0.6) is 5.75 Å². The Labute approximate surface area is 378 Å². The Kier molecular flexibility index (Phi) is 9.87. The fraction of sp³-hybridized carbons (Fsp3) is 0.328. The van der Waals surface area contributed by atoms with E-state index < -0.39 is 0 Å². The lowest BCUT2D eigenvalue weighted by Gasteiger charge is -2.42. The predicted molar refractivity (Wildman–Crippen MR) is 257 cm³/mol. The highest BCUT2D eigenvalue weighted by Gasteiger charge is 2.50. The van der Waals surface area contributed by atoms with Gasteiger partial charge in [0, 0.05) is 51.8 Å². The molecule has 10 unspecified atom stereocenters. The minimum absolute atomic E-state index is 0.0780. The zero-order chi connectivity index (χ0) is 42.9. The first-order valence-electron chi connectivity index (χ1n) is 23.9. The molecule has 5 aliphatic carbocycles. The molecule has 4 heterocycles. The number of hydrogen-bond acceptors (Lipinski definition) is 6. The number of benzene rings is 3. The molecule has 3 aliphatic heterocycles. The molecular formula is C58H57N5O. The van der Waals surface area contributed by atoms with E-state index in [4.69, 9.17) is 19.7 Å². The summed E-state index contributed by atoms with van der Waals surface area (Å²) in [6.07, 6.45) is 33.3. The summed E-state index contributed by atoms with van der Waals surface area (Å²) in [6.45, 7) is 7.20. The highest BCUT2D eigenvalue weighted by atomic mass is 16.5. The van der Waals surface area contributed by atoms with Gasteiger partial charge in [-0.25, -0.2) is 15.0 Å². The summed E-state index contributed by atoms with van der Waals surface area (Å²) in [5, 5.41) is 4.33. The zero-order valence-electron chi connectivity index (χ0n) is 37.1. The second-order valence-corrected chi connectivity index (χ2v) is 19.6. The average molecular weight is 840 g/mol. The Morgan fingerprint density at radius 1 is 0.719 bits per heavy atom. The third-order valence-electron chi connectivity index (χ3n) is 15.6. The Morgan fingerprint density at radius 3 is 2.22 bits per heavy atom. The maximum atomic E-state index is 6.68. The lowest BCUT2D eigenvalue weighted by molar-refractivity contribution is 0.204. The first-order chi connectivity index (χ1) is 31.4. The van der Waals surface area contributed by atoms with E-state index in [1.54, 1.807) is 5.57 Å². The van der Waals surface area contributed by atoms with Gasteiger partial charge >= 0.3 is 0 Å². The smallest absolute Gasteiger partial charge is 0.164 e. The lowest BCUT2D eigenvalue weighted by Crippen LogP contribution is -2.41. The van der Waals surface area contributed by atoms with Crippen molar-refractivity contribution in [1.82, 2.24) is 25.2 Å². The van der Waals surface area contributed by atoms with Crippen molar-refractivity contribution in [1.29, 1.82) is 0 Å². The van der Waals surface area contributed by atoms with Gasteiger partial charge in [-0.2, -0.15) is 0 Å². The van der Waals surface area contributed by atoms with Gasteiger partial charge in [0.15, 0.2) is 17.5 Å². The second-order valence-electron chi connectivity index (χ2n) is 19.6. The van der Waals surface area contributed by atoms with Crippen molar-refractivity contribution in [3.8, 4) is 28.5 Å². The van der Waals surface area contributed by atoms with Gasteiger partial charge in [-0.3, -0.25) is 0 Å². The topological polar surface area (TPSA) is 63.2 Å². The Hall–Kier alpha value is -6.27. The molecule has 10 atom stereocenters. The van der Waals surface area contributed by atoms with Crippen molar-refractivity contribution in [2.75, 3.05) is 0 Å². The van der Waals surface area contributed by atoms with Crippen LogP contribution in [0.4, 0.5) is 0 Å². The van der Waals surface area contributed by atoms with E-state index in [0.717, 1.165) is 65.5 Å². The van der Waals surface area contributed by atoms with Gasteiger partial charge in [-0.1, -0.05) is 166 Å². The van der Waals surface area contributed by atoms with Gasteiger partial charge in [-0.05, 0) is 85.3 Å². The molecule has 0 saturated heterocycles. The fourth-order valence-corrected chi connectivity index (χ4v) is 12.5. The molecule has 0 saturated carbocycles. The van der Waals surface area contributed by atoms with Gasteiger partial charge < -0.3 is 15.0 Å². The molecule has 12 rings (SSSR count). The van der Waals surface area contributed by atoms with Gasteiger partial charge in [-0.15, -0.1) is 0 Å². The van der Waals surface area contributed by atoms with Gasteiger partial charge in [0.1, 0.15) is 17.3 Å². The maximum Gasteiger partial charge on any atom is 0.164 e. The number of fused-ring (bicyclic) bond motifs is 5. The molecule has 64 heavy (non-hydrogen) atoms. The number of allylic oxidation sites excluding steroid dienone is 11. The van der Waals surface area contributed by atoms with E-state index in [1.165, 1.54) is 35.2 Å². The molecule has 6 heteroatoms. The van der Waals surface area contributed by atoms with Crippen LogP contribution < -0.4 is 10.1 Å². The average Bonchev–Trinajstić information content (AvgIpc) is 3.99. The highest BCUT2D eigenvalue weighted by Crippen LogP contribution is 2.55. The van der Waals surface area contributed by atoms with Crippen molar-refractivity contribution in [2.24, 2.45) is 41.4 Å². The SMILES string of the molecule is CC1C=C(C2CC=C(C3NC(N4C5=C(CC6C(=C5)Oc5ccccc56)C5C=CC=CC54)=C(c4nc(-c5ccccc5)nc(-c5ccccc5)n4)C3C)CC2C2CC=CC(C)C2)C=CC1. The molecule has 4 aromatic rings. The molecule has 0 fully saturated rings. The molecule has 0 bridgehead atoms. The summed E-state index contributed by atoms with van der Waals surface area (Å²) in [6, 6.07) is 29.6. The number of hydrogen-bond donors (Lipinski definition) is 1. The largest absolute Gasteiger partial charge is 0.461 e. The van der Waals surface area contributed by atoms with Crippen molar-refractivity contribution in [2.45, 2.75) is 77.3 Å². The van der Waals surface area contributed by atoms with Crippen molar-refractivity contribution in [3.63, 3.8) is 0 Å². The van der Waals surface area contributed by atoms with Crippen LogP contribution in [0.25, 0.3) is 28.3 Å². The molecule has 1 N–H and O–H groups in total. The molecule has 320 valence electrons. The first-order valence-corrected chi connectivity index (χ1v) is 23.9. The van der Waals surface area contributed by atoms with Crippen LogP contribution in [-0.4, -0.2) is 31.9 Å². The minimum Gasteiger partial charge on any atom is -0.461 e. The number of para-hydroxylation sites is 1. The maximum absolute atomic E-state index is 6.68. The van der Waals surface area contributed by atoms with Gasteiger partial charge in [0.05, 0.1) is 12.1 Å². The van der Waals surface area contributed by atoms with E-state index in [-0.39, 0.29) is 29.8 Å². The third-order valence-corrected chi connectivity index (χ3v) is 15.6.